The summed E-state index contributed by atoms with van der Waals surface area (Å²) < 4.78 is 20.2. The standard InChI is InChI=1S/C23H25FN4O2/c1-30-20-10-4-17(5-11-20)21(27-12-2-3-13-27)15-26-23(29)22-14-25-16-28(22)19-8-6-18(24)7-9-19/h4-11,14,16,21H,2-3,12-13,15H2,1H3,(H,26,29)/t21-/m1/s1. The molecule has 0 saturated carbocycles. The van der Waals surface area contributed by atoms with Gasteiger partial charge in [0.05, 0.1) is 25.7 Å². The maximum Gasteiger partial charge on any atom is 0.269 e. The van der Waals surface area contributed by atoms with E-state index >= 15 is 0 Å². The number of methoxy groups -OCH3 is 1. The Balaban J connectivity index is 1.50. The quantitative estimate of drug-likeness (QED) is 0.649. The first-order valence-electron chi connectivity index (χ1n) is 10.1. The summed E-state index contributed by atoms with van der Waals surface area (Å²) in [4.78, 5) is 19.4. The molecule has 1 amide bonds. The molecule has 1 saturated heterocycles. The number of hydrogen-bond donors (Lipinski definition) is 1. The van der Waals surface area contributed by atoms with Gasteiger partial charge in [-0.3, -0.25) is 14.3 Å². The Morgan fingerprint density at radius 2 is 1.83 bits per heavy atom. The van der Waals surface area contributed by atoms with Crippen LogP contribution in [0.15, 0.2) is 61.1 Å². The van der Waals surface area contributed by atoms with E-state index < -0.39 is 0 Å². The molecule has 6 nitrogen and oxygen atoms in total. The molecule has 156 valence electrons. The molecule has 4 rings (SSSR count). The van der Waals surface area contributed by atoms with Crippen molar-refractivity contribution in [3.8, 4) is 11.4 Å². The van der Waals surface area contributed by atoms with Gasteiger partial charge in [0.25, 0.3) is 5.91 Å². The van der Waals surface area contributed by atoms with Crippen molar-refractivity contribution in [2.24, 2.45) is 0 Å². The number of benzene rings is 2. The summed E-state index contributed by atoms with van der Waals surface area (Å²) in [5, 5.41) is 3.06. The third-order valence-corrected chi connectivity index (χ3v) is 5.51. The van der Waals surface area contributed by atoms with Crippen molar-refractivity contribution in [3.63, 3.8) is 0 Å². The molecule has 0 spiro atoms. The normalized spacial score (nSPS) is 15.1. The van der Waals surface area contributed by atoms with Crippen LogP contribution in [0.4, 0.5) is 4.39 Å². The Bertz CT molecular complexity index is 979. The monoisotopic (exact) mass is 408 g/mol. The molecular formula is C23H25FN4O2. The second kappa shape index (κ2) is 9.09. The zero-order valence-corrected chi connectivity index (χ0v) is 16.9. The predicted molar refractivity (Wildman–Crippen MR) is 112 cm³/mol. The van der Waals surface area contributed by atoms with Crippen LogP contribution in [0.25, 0.3) is 5.69 Å². The van der Waals surface area contributed by atoms with Crippen molar-refractivity contribution in [3.05, 3.63) is 78.1 Å². The van der Waals surface area contributed by atoms with Crippen molar-refractivity contribution in [2.45, 2.75) is 18.9 Å². The van der Waals surface area contributed by atoms with Crippen LogP contribution < -0.4 is 10.1 Å². The summed E-state index contributed by atoms with van der Waals surface area (Å²) in [7, 11) is 1.65. The summed E-state index contributed by atoms with van der Waals surface area (Å²) in [6.07, 6.45) is 5.41. The summed E-state index contributed by atoms with van der Waals surface area (Å²) in [6.45, 7) is 2.51. The van der Waals surface area contributed by atoms with Crippen LogP contribution in [0.3, 0.4) is 0 Å². The van der Waals surface area contributed by atoms with Gasteiger partial charge < -0.3 is 10.1 Å². The fraction of sp³-hybridized carbons (Fsp3) is 0.304. The molecule has 30 heavy (non-hydrogen) atoms. The molecule has 1 fully saturated rings. The number of aromatic nitrogens is 2. The zero-order valence-electron chi connectivity index (χ0n) is 16.9. The third-order valence-electron chi connectivity index (χ3n) is 5.51. The third kappa shape index (κ3) is 4.36. The van der Waals surface area contributed by atoms with E-state index in [0.717, 1.165) is 37.2 Å². The SMILES string of the molecule is COc1ccc([C@@H](CNC(=O)c2cncn2-c2ccc(F)cc2)N2CCCC2)cc1. The number of ether oxygens (including phenoxy) is 1. The lowest BCUT2D eigenvalue weighted by molar-refractivity contribution is 0.0931. The molecule has 2 aromatic carbocycles. The number of hydrogen-bond acceptors (Lipinski definition) is 4. The van der Waals surface area contributed by atoms with E-state index in [4.69, 9.17) is 4.74 Å². The molecule has 1 N–H and O–H groups in total. The van der Waals surface area contributed by atoms with Gasteiger partial charge in [-0.25, -0.2) is 9.37 Å². The molecule has 0 bridgehead atoms. The highest BCUT2D eigenvalue weighted by molar-refractivity contribution is 5.93. The van der Waals surface area contributed by atoms with E-state index in [1.165, 1.54) is 18.3 Å². The number of nitrogens with zero attached hydrogens (tertiary/aromatic N) is 3. The topological polar surface area (TPSA) is 59.4 Å². The van der Waals surface area contributed by atoms with E-state index in [1.807, 2.05) is 12.1 Å². The minimum Gasteiger partial charge on any atom is -0.497 e. The number of likely N-dealkylation sites (tertiary alicyclic amines) is 1. The largest absolute Gasteiger partial charge is 0.497 e. The number of carbonyl (C=O) groups is 1. The molecule has 1 aliphatic heterocycles. The summed E-state index contributed by atoms with van der Waals surface area (Å²) in [5.41, 5.74) is 2.24. The molecule has 1 atom stereocenters. The van der Waals surface area contributed by atoms with Crippen LogP contribution in [0, 0.1) is 5.82 Å². The number of carbonyl (C=O) groups excluding carboxylic acids is 1. The number of halogens is 1. The van der Waals surface area contributed by atoms with Crippen LogP contribution in [-0.4, -0.2) is 47.1 Å². The molecule has 3 aromatic rings. The summed E-state index contributed by atoms with van der Waals surface area (Å²) in [6, 6.07) is 14.1. The molecule has 2 heterocycles. The average molecular weight is 408 g/mol. The van der Waals surface area contributed by atoms with Crippen LogP contribution in [0.5, 0.6) is 5.75 Å². The Morgan fingerprint density at radius 3 is 2.50 bits per heavy atom. The number of nitrogens with one attached hydrogen (secondary N) is 1. The molecule has 7 heteroatoms. The highest BCUT2D eigenvalue weighted by atomic mass is 19.1. The molecule has 0 radical (unpaired) electrons. The smallest absolute Gasteiger partial charge is 0.269 e. The van der Waals surface area contributed by atoms with Gasteiger partial charge in [0.15, 0.2) is 0 Å². The van der Waals surface area contributed by atoms with E-state index in [9.17, 15) is 9.18 Å². The average Bonchev–Trinajstić information content (AvgIpc) is 3.47. The predicted octanol–water partition coefficient (Wildman–Crippen LogP) is 3.59. The van der Waals surface area contributed by atoms with Gasteiger partial charge in [0.1, 0.15) is 17.3 Å². The highest BCUT2D eigenvalue weighted by Crippen LogP contribution is 2.26. The molecule has 0 unspecified atom stereocenters. The Morgan fingerprint density at radius 1 is 1.13 bits per heavy atom. The highest BCUT2D eigenvalue weighted by Gasteiger charge is 2.25. The Labute approximate surface area is 175 Å². The van der Waals surface area contributed by atoms with Crippen molar-refractivity contribution >= 4 is 5.91 Å². The fourth-order valence-electron chi connectivity index (χ4n) is 3.89. The van der Waals surface area contributed by atoms with Crippen molar-refractivity contribution in [1.29, 1.82) is 0 Å². The van der Waals surface area contributed by atoms with Gasteiger partial charge in [-0.1, -0.05) is 12.1 Å². The second-order valence-electron chi connectivity index (χ2n) is 7.37. The Kier molecular flexibility index (Phi) is 6.09. The second-order valence-corrected chi connectivity index (χ2v) is 7.37. The van der Waals surface area contributed by atoms with E-state index in [1.54, 1.807) is 30.1 Å². The molecule has 1 aliphatic rings. The molecule has 0 aliphatic carbocycles. The first kappa shape index (κ1) is 20.1. The fourth-order valence-corrected chi connectivity index (χ4v) is 3.89. The number of amides is 1. The van der Waals surface area contributed by atoms with Crippen molar-refractivity contribution in [2.75, 3.05) is 26.7 Å². The molecule has 1 aromatic heterocycles. The Hall–Kier alpha value is -3.19. The van der Waals surface area contributed by atoms with Gasteiger partial charge >= 0.3 is 0 Å². The molecular weight excluding hydrogens is 383 g/mol. The van der Waals surface area contributed by atoms with Gasteiger partial charge in [0.2, 0.25) is 0 Å². The van der Waals surface area contributed by atoms with Crippen LogP contribution in [0.2, 0.25) is 0 Å². The lowest BCUT2D eigenvalue weighted by Crippen LogP contribution is -2.37. The van der Waals surface area contributed by atoms with Crippen LogP contribution in [-0.2, 0) is 0 Å². The first-order valence-corrected chi connectivity index (χ1v) is 10.1. The van der Waals surface area contributed by atoms with Crippen LogP contribution in [0.1, 0.15) is 34.9 Å². The van der Waals surface area contributed by atoms with Crippen molar-refractivity contribution in [1.82, 2.24) is 19.8 Å². The summed E-state index contributed by atoms with van der Waals surface area (Å²) >= 11 is 0. The van der Waals surface area contributed by atoms with E-state index in [0.29, 0.717) is 17.9 Å². The first-order chi connectivity index (χ1) is 14.7. The van der Waals surface area contributed by atoms with Gasteiger partial charge in [-0.2, -0.15) is 0 Å². The number of rotatable bonds is 7. The minimum absolute atomic E-state index is 0.0875. The maximum absolute atomic E-state index is 13.2. The zero-order chi connectivity index (χ0) is 20.9. The van der Waals surface area contributed by atoms with E-state index in [-0.39, 0.29) is 17.8 Å². The van der Waals surface area contributed by atoms with E-state index in [2.05, 4.69) is 27.3 Å². The number of imidazole rings is 1. The van der Waals surface area contributed by atoms with Crippen molar-refractivity contribution < 1.29 is 13.9 Å². The van der Waals surface area contributed by atoms with Gasteiger partial charge in [-0.05, 0) is 67.9 Å². The van der Waals surface area contributed by atoms with Gasteiger partial charge in [0, 0.05) is 12.2 Å². The maximum atomic E-state index is 13.2. The summed E-state index contributed by atoms with van der Waals surface area (Å²) in [5.74, 6) is 0.276. The lowest BCUT2D eigenvalue weighted by Gasteiger charge is -2.28. The van der Waals surface area contributed by atoms with Gasteiger partial charge in [-0.15, -0.1) is 0 Å². The lowest BCUT2D eigenvalue weighted by atomic mass is 10.1. The minimum atomic E-state index is -0.321. The van der Waals surface area contributed by atoms with Crippen LogP contribution >= 0.6 is 0 Å².